The standard InChI is InChI=1S/C22H18F2N4O3.ClH/c23-13-1-3-14(4-2-13)27-20(29)22(8-9-22)21(30)28-18-6-5-15(11-17(18)24)31-16-7-10-26-19(25)12-16;/h1-7,10-12H,8-9H2,(H2,25,26)(H,27,29)(H,28,30);1H. The summed E-state index contributed by atoms with van der Waals surface area (Å²) >= 11 is 0. The number of benzene rings is 2. The van der Waals surface area contributed by atoms with Gasteiger partial charge in [-0.05, 0) is 55.3 Å². The number of halogens is 3. The van der Waals surface area contributed by atoms with E-state index in [9.17, 15) is 18.4 Å². The molecule has 1 saturated carbocycles. The number of rotatable bonds is 6. The maximum absolute atomic E-state index is 14.5. The number of nitrogens with one attached hydrogen (secondary N) is 2. The number of nitrogens with zero attached hydrogens (tertiary/aromatic N) is 1. The molecule has 2 amide bonds. The van der Waals surface area contributed by atoms with Crippen LogP contribution in [-0.2, 0) is 9.59 Å². The van der Waals surface area contributed by atoms with Gasteiger partial charge < -0.3 is 21.1 Å². The highest BCUT2D eigenvalue weighted by molar-refractivity contribution is 6.16. The van der Waals surface area contributed by atoms with Crippen LogP contribution < -0.4 is 21.1 Å². The lowest BCUT2D eigenvalue weighted by atomic mass is 10.0. The van der Waals surface area contributed by atoms with Crippen molar-refractivity contribution in [2.45, 2.75) is 12.8 Å². The molecule has 4 N–H and O–H groups in total. The van der Waals surface area contributed by atoms with Crippen LogP contribution in [0, 0.1) is 17.0 Å². The fourth-order valence-corrected chi connectivity index (χ4v) is 3.00. The largest absolute Gasteiger partial charge is 0.457 e. The molecule has 0 aliphatic heterocycles. The number of aromatic nitrogens is 1. The van der Waals surface area contributed by atoms with E-state index in [4.69, 9.17) is 10.5 Å². The number of carbonyl (C=O) groups excluding carboxylic acids is 2. The van der Waals surface area contributed by atoms with Crippen molar-refractivity contribution in [3.63, 3.8) is 0 Å². The predicted octanol–water partition coefficient (Wildman–Crippen LogP) is 4.51. The molecule has 1 aliphatic rings. The van der Waals surface area contributed by atoms with E-state index in [-0.39, 0.29) is 29.7 Å². The van der Waals surface area contributed by atoms with Crippen molar-refractivity contribution in [2.24, 2.45) is 5.41 Å². The Hall–Kier alpha value is -3.72. The van der Waals surface area contributed by atoms with E-state index in [1.54, 1.807) is 6.07 Å². The van der Waals surface area contributed by atoms with Gasteiger partial charge in [-0.2, -0.15) is 0 Å². The molecule has 0 atom stereocenters. The highest BCUT2D eigenvalue weighted by Gasteiger charge is 2.56. The topological polar surface area (TPSA) is 106 Å². The number of nitrogens with two attached hydrogens (primary N) is 1. The van der Waals surface area contributed by atoms with Gasteiger partial charge in [-0.1, -0.05) is 0 Å². The van der Waals surface area contributed by atoms with E-state index in [2.05, 4.69) is 15.6 Å². The molecule has 0 spiro atoms. The zero-order chi connectivity index (χ0) is 22.0. The van der Waals surface area contributed by atoms with Crippen molar-refractivity contribution >= 4 is 41.4 Å². The maximum atomic E-state index is 14.5. The molecule has 0 bridgehead atoms. The van der Waals surface area contributed by atoms with Gasteiger partial charge in [0.1, 0.15) is 34.4 Å². The molecule has 4 rings (SSSR count). The van der Waals surface area contributed by atoms with Crippen LogP contribution >= 0.6 is 12.4 Å². The first-order valence-electron chi connectivity index (χ1n) is 9.43. The Morgan fingerprint density at radius 2 is 1.59 bits per heavy atom. The monoisotopic (exact) mass is 460 g/mol. The predicted molar refractivity (Wildman–Crippen MR) is 118 cm³/mol. The number of pyridine rings is 1. The van der Waals surface area contributed by atoms with Gasteiger partial charge in [0.15, 0.2) is 0 Å². The van der Waals surface area contributed by atoms with Crippen molar-refractivity contribution < 1.29 is 23.1 Å². The summed E-state index contributed by atoms with van der Waals surface area (Å²) in [5.74, 6) is -1.44. The lowest BCUT2D eigenvalue weighted by molar-refractivity contribution is -0.131. The van der Waals surface area contributed by atoms with Crippen molar-refractivity contribution in [3.8, 4) is 11.5 Å². The molecule has 0 saturated heterocycles. The molecule has 1 fully saturated rings. The molecule has 0 radical (unpaired) electrons. The zero-order valence-corrected chi connectivity index (χ0v) is 17.4. The van der Waals surface area contributed by atoms with Crippen LogP contribution in [-0.4, -0.2) is 16.8 Å². The van der Waals surface area contributed by atoms with Crippen LogP contribution in [0.4, 0.5) is 26.0 Å². The number of nitrogen functional groups attached to an aromatic ring is 1. The van der Waals surface area contributed by atoms with Gasteiger partial charge in [0.05, 0.1) is 5.69 Å². The second-order valence-electron chi connectivity index (χ2n) is 7.16. The van der Waals surface area contributed by atoms with Crippen molar-refractivity contribution in [2.75, 3.05) is 16.4 Å². The van der Waals surface area contributed by atoms with Gasteiger partial charge in [-0.25, -0.2) is 13.8 Å². The minimum atomic E-state index is -1.29. The Bertz CT molecular complexity index is 1150. The van der Waals surface area contributed by atoms with E-state index in [1.807, 2.05) is 0 Å². The normalized spacial score (nSPS) is 13.4. The third-order valence-corrected chi connectivity index (χ3v) is 4.90. The Morgan fingerprint density at radius 1 is 0.938 bits per heavy atom. The van der Waals surface area contributed by atoms with Crippen LogP contribution in [0.15, 0.2) is 60.8 Å². The van der Waals surface area contributed by atoms with Gasteiger partial charge in [-0.15, -0.1) is 12.4 Å². The molecule has 10 heteroatoms. The summed E-state index contributed by atoms with van der Waals surface area (Å²) in [6, 6.07) is 12.2. The lowest BCUT2D eigenvalue weighted by Crippen LogP contribution is -2.35. The molecule has 3 aromatic rings. The average molecular weight is 461 g/mol. The molecular formula is C22H19ClF2N4O3. The summed E-state index contributed by atoms with van der Waals surface area (Å²) in [6.07, 6.45) is 2.12. The van der Waals surface area contributed by atoms with E-state index >= 15 is 0 Å². The molecular weight excluding hydrogens is 442 g/mol. The van der Waals surface area contributed by atoms with E-state index < -0.39 is 28.9 Å². The Balaban J connectivity index is 0.00000289. The van der Waals surface area contributed by atoms with Crippen LogP contribution in [0.3, 0.4) is 0 Å². The Kier molecular flexibility index (Phi) is 6.59. The van der Waals surface area contributed by atoms with Gasteiger partial charge in [0.25, 0.3) is 0 Å². The highest BCUT2D eigenvalue weighted by Crippen LogP contribution is 2.47. The van der Waals surface area contributed by atoms with Crippen LogP contribution in [0.25, 0.3) is 0 Å². The van der Waals surface area contributed by atoms with Gasteiger partial charge in [0.2, 0.25) is 11.8 Å². The first kappa shape index (κ1) is 23.0. The summed E-state index contributed by atoms with van der Waals surface area (Å²) in [7, 11) is 0. The van der Waals surface area contributed by atoms with E-state index in [0.29, 0.717) is 24.3 Å². The lowest BCUT2D eigenvalue weighted by Gasteiger charge is -2.16. The summed E-state index contributed by atoms with van der Waals surface area (Å²) in [5.41, 5.74) is 4.59. The maximum Gasteiger partial charge on any atom is 0.240 e. The molecule has 1 heterocycles. The molecule has 1 aliphatic carbocycles. The highest BCUT2D eigenvalue weighted by atomic mass is 35.5. The Morgan fingerprint density at radius 3 is 2.22 bits per heavy atom. The van der Waals surface area contributed by atoms with Gasteiger partial charge >= 0.3 is 0 Å². The van der Waals surface area contributed by atoms with E-state index in [1.165, 1.54) is 48.7 Å². The average Bonchev–Trinajstić information content (AvgIpc) is 3.54. The second-order valence-corrected chi connectivity index (χ2v) is 7.16. The summed E-state index contributed by atoms with van der Waals surface area (Å²) in [6.45, 7) is 0. The molecule has 7 nitrogen and oxygen atoms in total. The zero-order valence-electron chi connectivity index (χ0n) is 16.6. The fourth-order valence-electron chi connectivity index (χ4n) is 3.00. The molecule has 2 aromatic carbocycles. The SMILES string of the molecule is Cl.Nc1cc(Oc2ccc(NC(=O)C3(C(=O)Nc4ccc(F)cc4)CC3)c(F)c2)ccn1. The molecule has 0 unspecified atom stereocenters. The number of amides is 2. The van der Waals surface area contributed by atoms with Crippen molar-refractivity contribution in [3.05, 3.63) is 72.4 Å². The van der Waals surface area contributed by atoms with Gasteiger partial charge in [0, 0.05) is 24.0 Å². The summed E-state index contributed by atoms with van der Waals surface area (Å²) in [5, 5.41) is 5.07. The molecule has 32 heavy (non-hydrogen) atoms. The third kappa shape index (κ3) is 4.94. The van der Waals surface area contributed by atoms with Crippen LogP contribution in [0.1, 0.15) is 12.8 Å². The number of hydrogen-bond acceptors (Lipinski definition) is 5. The first-order valence-corrected chi connectivity index (χ1v) is 9.43. The van der Waals surface area contributed by atoms with Crippen LogP contribution in [0.5, 0.6) is 11.5 Å². The van der Waals surface area contributed by atoms with Crippen molar-refractivity contribution in [1.29, 1.82) is 0 Å². The smallest absolute Gasteiger partial charge is 0.240 e. The van der Waals surface area contributed by atoms with E-state index in [0.717, 1.165) is 6.07 Å². The minimum absolute atomic E-state index is 0. The van der Waals surface area contributed by atoms with Crippen molar-refractivity contribution in [1.82, 2.24) is 4.98 Å². The molecule has 166 valence electrons. The Labute approximate surface area is 188 Å². The number of carbonyl (C=O) groups is 2. The summed E-state index contributed by atoms with van der Waals surface area (Å²) < 4.78 is 33.1. The number of hydrogen-bond donors (Lipinski definition) is 3. The molecule has 1 aromatic heterocycles. The number of anilines is 3. The third-order valence-electron chi connectivity index (χ3n) is 4.90. The summed E-state index contributed by atoms with van der Waals surface area (Å²) in [4.78, 5) is 29.1. The number of ether oxygens (including phenoxy) is 1. The van der Waals surface area contributed by atoms with Gasteiger partial charge in [-0.3, -0.25) is 9.59 Å². The minimum Gasteiger partial charge on any atom is -0.457 e. The van der Waals surface area contributed by atoms with Crippen LogP contribution in [0.2, 0.25) is 0 Å². The second kappa shape index (κ2) is 9.19. The fraction of sp³-hybridized carbons (Fsp3) is 0.136. The quantitative estimate of drug-likeness (QED) is 0.469. The first-order chi connectivity index (χ1) is 14.9.